The third-order valence-corrected chi connectivity index (χ3v) is 4.90. The highest BCUT2D eigenvalue weighted by Crippen LogP contribution is 2.41. The zero-order chi connectivity index (χ0) is 12.8. The van der Waals surface area contributed by atoms with Gasteiger partial charge < -0.3 is 4.74 Å². The molecule has 0 radical (unpaired) electrons. The first-order valence-electron chi connectivity index (χ1n) is 7.53. The SMILES string of the molecule is COCCCC(NN)C1(N2CCCC2)CCCC1. The molecule has 0 aromatic heterocycles. The summed E-state index contributed by atoms with van der Waals surface area (Å²) in [7, 11) is 1.77. The molecule has 4 nitrogen and oxygen atoms in total. The molecule has 0 aromatic carbocycles. The molecule has 1 saturated heterocycles. The second kappa shape index (κ2) is 6.85. The second-order valence-corrected chi connectivity index (χ2v) is 5.86. The van der Waals surface area contributed by atoms with E-state index in [0.717, 1.165) is 19.4 Å². The van der Waals surface area contributed by atoms with Crippen LogP contribution in [0, 0.1) is 0 Å². The van der Waals surface area contributed by atoms with Crippen molar-refractivity contribution in [3.8, 4) is 0 Å². The Hall–Kier alpha value is -0.160. The van der Waals surface area contributed by atoms with Crippen LogP contribution in [0.15, 0.2) is 0 Å². The van der Waals surface area contributed by atoms with Gasteiger partial charge in [0.2, 0.25) is 0 Å². The lowest BCUT2D eigenvalue weighted by Gasteiger charge is -2.45. The molecule has 2 aliphatic rings. The Labute approximate surface area is 111 Å². The molecule has 4 heteroatoms. The van der Waals surface area contributed by atoms with E-state index in [-0.39, 0.29) is 0 Å². The largest absolute Gasteiger partial charge is 0.385 e. The lowest BCUT2D eigenvalue weighted by Crippen LogP contribution is -2.60. The van der Waals surface area contributed by atoms with Gasteiger partial charge >= 0.3 is 0 Å². The van der Waals surface area contributed by atoms with Gasteiger partial charge in [0.25, 0.3) is 0 Å². The summed E-state index contributed by atoms with van der Waals surface area (Å²) in [5.41, 5.74) is 3.46. The van der Waals surface area contributed by atoms with E-state index in [4.69, 9.17) is 10.6 Å². The van der Waals surface area contributed by atoms with Gasteiger partial charge in [-0.15, -0.1) is 0 Å². The number of methoxy groups -OCH3 is 1. The Kier molecular flexibility index (Phi) is 5.42. The number of hydrogen-bond donors (Lipinski definition) is 2. The van der Waals surface area contributed by atoms with Crippen LogP contribution >= 0.6 is 0 Å². The van der Waals surface area contributed by atoms with Gasteiger partial charge in [-0.05, 0) is 51.6 Å². The number of nitrogens with zero attached hydrogens (tertiary/aromatic N) is 1. The molecular formula is C14H29N3O. The van der Waals surface area contributed by atoms with Crippen molar-refractivity contribution < 1.29 is 4.74 Å². The lowest BCUT2D eigenvalue weighted by atomic mass is 9.84. The van der Waals surface area contributed by atoms with E-state index < -0.39 is 0 Å². The van der Waals surface area contributed by atoms with E-state index in [1.165, 1.54) is 51.6 Å². The Balaban J connectivity index is 2.01. The van der Waals surface area contributed by atoms with E-state index >= 15 is 0 Å². The minimum Gasteiger partial charge on any atom is -0.385 e. The minimum absolute atomic E-state index is 0.332. The number of rotatable bonds is 7. The maximum absolute atomic E-state index is 5.87. The maximum atomic E-state index is 5.87. The molecule has 106 valence electrons. The zero-order valence-electron chi connectivity index (χ0n) is 11.8. The van der Waals surface area contributed by atoms with Crippen LogP contribution < -0.4 is 11.3 Å². The van der Waals surface area contributed by atoms with Gasteiger partial charge in [-0.3, -0.25) is 16.2 Å². The molecule has 1 atom stereocenters. The topological polar surface area (TPSA) is 50.5 Å². The Bertz CT molecular complexity index is 235. The molecule has 1 saturated carbocycles. The Morgan fingerprint density at radius 3 is 2.44 bits per heavy atom. The highest BCUT2D eigenvalue weighted by molar-refractivity contribution is 5.04. The lowest BCUT2D eigenvalue weighted by molar-refractivity contribution is 0.0678. The molecule has 2 fully saturated rings. The molecule has 1 aliphatic heterocycles. The van der Waals surface area contributed by atoms with Crippen molar-refractivity contribution in [2.75, 3.05) is 26.8 Å². The summed E-state index contributed by atoms with van der Waals surface area (Å²) >= 11 is 0. The van der Waals surface area contributed by atoms with Crippen molar-refractivity contribution in [3.05, 3.63) is 0 Å². The van der Waals surface area contributed by atoms with E-state index in [2.05, 4.69) is 10.3 Å². The summed E-state index contributed by atoms with van der Waals surface area (Å²) in [6.07, 6.45) is 10.3. The quantitative estimate of drug-likeness (QED) is 0.413. The van der Waals surface area contributed by atoms with Crippen LogP contribution in [0.2, 0.25) is 0 Å². The Morgan fingerprint density at radius 2 is 1.89 bits per heavy atom. The van der Waals surface area contributed by atoms with E-state index in [9.17, 15) is 0 Å². The number of nitrogens with two attached hydrogens (primary N) is 1. The minimum atomic E-state index is 0.332. The molecule has 0 aromatic rings. The predicted octanol–water partition coefficient (Wildman–Crippen LogP) is 1.65. The second-order valence-electron chi connectivity index (χ2n) is 5.86. The summed E-state index contributed by atoms with van der Waals surface area (Å²) in [6, 6.07) is 0.424. The first kappa shape index (κ1) is 14.3. The third kappa shape index (κ3) is 2.87. The molecule has 0 amide bonds. The van der Waals surface area contributed by atoms with Crippen LogP contribution in [0.4, 0.5) is 0 Å². The number of hydrazine groups is 1. The summed E-state index contributed by atoms with van der Waals surface area (Å²) in [6.45, 7) is 3.37. The first-order valence-corrected chi connectivity index (χ1v) is 7.53. The monoisotopic (exact) mass is 255 g/mol. The summed E-state index contributed by atoms with van der Waals surface area (Å²) < 4.78 is 5.18. The number of nitrogens with one attached hydrogen (secondary N) is 1. The van der Waals surface area contributed by atoms with E-state index in [1.54, 1.807) is 7.11 Å². The standard InChI is InChI=1S/C14H29N3O/c1-18-12-6-7-13(16-15)14(8-2-3-9-14)17-10-4-5-11-17/h13,16H,2-12,15H2,1H3. The van der Waals surface area contributed by atoms with Crippen molar-refractivity contribution in [2.24, 2.45) is 5.84 Å². The van der Waals surface area contributed by atoms with Crippen LogP contribution in [0.5, 0.6) is 0 Å². The smallest absolute Gasteiger partial charge is 0.0462 e. The van der Waals surface area contributed by atoms with E-state index in [0.29, 0.717) is 11.6 Å². The van der Waals surface area contributed by atoms with Crippen molar-refractivity contribution in [3.63, 3.8) is 0 Å². The Morgan fingerprint density at radius 1 is 1.22 bits per heavy atom. The molecule has 0 spiro atoms. The van der Waals surface area contributed by atoms with Crippen LogP contribution in [-0.4, -0.2) is 43.3 Å². The van der Waals surface area contributed by atoms with Crippen molar-refractivity contribution in [1.82, 2.24) is 10.3 Å². The molecule has 1 unspecified atom stereocenters. The predicted molar refractivity (Wildman–Crippen MR) is 74.2 cm³/mol. The van der Waals surface area contributed by atoms with Gasteiger partial charge in [0.05, 0.1) is 0 Å². The highest BCUT2D eigenvalue weighted by atomic mass is 16.5. The van der Waals surface area contributed by atoms with Gasteiger partial charge in [-0.25, -0.2) is 0 Å². The molecule has 1 heterocycles. The van der Waals surface area contributed by atoms with Crippen molar-refractivity contribution >= 4 is 0 Å². The normalized spacial score (nSPS) is 25.7. The molecule has 2 rings (SSSR count). The fraction of sp³-hybridized carbons (Fsp3) is 1.00. The van der Waals surface area contributed by atoms with Gasteiger partial charge in [0, 0.05) is 25.3 Å². The van der Waals surface area contributed by atoms with E-state index in [1.807, 2.05) is 0 Å². The van der Waals surface area contributed by atoms with Crippen LogP contribution in [0.25, 0.3) is 0 Å². The fourth-order valence-corrected chi connectivity index (χ4v) is 3.97. The van der Waals surface area contributed by atoms with Crippen LogP contribution in [0.1, 0.15) is 51.4 Å². The average Bonchev–Trinajstić information content (AvgIpc) is 3.05. The van der Waals surface area contributed by atoms with Gasteiger partial charge in [-0.1, -0.05) is 12.8 Å². The fourth-order valence-electron chi connectivity index (χ4n) is 3.97. The van der Waals surface area contributed by atoms with Crippen LogP contribution in [0.3, 0.4) is 0 Å². The maximum Gasteiger partial charge on any atom is 0.0462 e. The molecule has 1 aliphatic carbocycles. The average molecular weight is 255 g/mol. The number of ether oxygens (including phenoxy) is 1. The summed E-state index contributed by atoms with van der Waals surface area (Å²) in [5, 5.41) is 0. The summed E-state index contributed by atoms with van der Waals surface area (Å²) in [4.78, 5) is 2.72. The zero-order valence-corrected chi connectivity index (χ0v) is 11.8. The van der Waals surface area contributed by atoms with Crippen molar-refractivity contribution in [1.29, 1.82) is 0 Å². The molecule has 18 heavy (non-hydrogen) atoms. The van der Waals surface area contributed by atoms with Gasteiger partial charge in [-0.2, -0.15) is 0 Å². The van der Waals surface area contributed by atoms with Crippen LogP contribution in [-0.2, 0) is 4.74 Å². The summed E-state index contributed by atoms with van der Waals surface area (Å²) in [5.74, 6) is 5.87. The van der Waals surface area contributed by atoms with Crippen molar-refractivity contribution in [2.45, 2.75) is 62.9 Å². The number of likely N-dealkylation sites (tertiary alicyclic amines) is 1. The molecule has 0 bridgehead atoms. The first-order chi connectivity index (χ1) is 8.83. The van der Waals surface area contributed by atoms with Gasteiger partial charge in [0.1, 0.15) is 0 Å². The van der Waals surface area contributed by atoms with Gasteiger partial charge in [0.15, 0.2) is 0 Å². The molecular weight excluding hydrogens is 226 g/mol. The third-order valence-electron chi connectivity index (χ3n) is 4.90. The molecule has 3 N–H and O–H groups in total. The number of hydrogen-bond acceptors (Lipinski definition) is 4. The highest BCUT2D eigenvalue weighted by Gasteiger charge is 2.45.